The fourth-order valence-electron chi connectivity index (χ4n) is 3.69. The van der Waals surface area contributed by atoms with Crippen molar-refractivity contribution >= 4 is 15.7 Å². The second-order valence-corrected chi connectivity index (χ2v) is 9.71. The van der Waals surface area contributed by atoms with Crippen LogP contribution in [-0.4, -0.2) is 53.1 Å². The predicted molar refractivity (Wildman–Crippen MR) is 108 cm³/mol. The van der Waals surface area contributed by atoms with Gasteiger partial charge in [-0.15, -0.1) is 0 Å². The Labute approximate surface area is 177 Å². The minimum atomic E-state index is -4.66. The highest BCUT2D eigenvalue weighted by Crippen LogP contribution is 2.33. The van der Waals surface area contributed by atoms with E-state index in [4.69, 9.17) is 0 Å². The molecular formula is C20H22F3N3O4S. The molecule has 168 valence electrons. The van der Waals surface area contributed by atoms with E-state index in [1.54, 1.807) is 6.92 Å². The number of carbonyl (C=O) groups excluding carboxylic acids is 1. The lowest BCUT2D eigenvalue weighted by Crippen LogP contribution is -2.44. The monoisotopic (exact) mass is 457 g/mol. The summed E-state index contributed by atoms with van der Waals surface area (Å²) >= 11 is 0. The molecule has 1 aromatic carbocycles. The zero-order chi connectivity index (χ0) is 23.0. The predicted octanol–water partition coefficient (Wildman–Crippen LogP) is 2.60. The average Bonchev–Trinajstić information content (AvgIpc) is 3.04. The largest absolute Gasteiger partial charge is 0.418 e. The van der Waals surface area contributed by atoms with E-state index in [0.29, 0.717) is 6.42 Å². The fourth-order valence-corrected chi connectivity index (χ4v) is 5.42. The third kappa shape index (κ3) is 4.81. The van der Waals surface area contributed by atoms with Crippen molar-refractivity contribution in [3.63, 3.8) is 0 Å². The Bertz CT molecular complexity index is 1160. The minimum Gasteiger partial charge on any atom is -0.333 e. The van der Waals surface area contributed by atoms with Crippen molar-refractivity contribution in [2.75, 3.05) is 18.1 Å². The molecule has 2 aromatic rings. The molecule has 0 aliphatic carbocycles. The number of para-hydroxylation sites is 1. The van der Waals surface area contributed by atoms with Gasteiger partial charge in [0.15, 0.2) is 15.5 Å². The number of amides is 1. The van der Waals surface area contributed by atoms with Crippen molar-refractivity contribution in [1.82, 2.24) is 14.7 Å². The standard InChI is InChI=1S/C20H22F3N3O4S/c1-3-9-25(14-8-10-31(29,30)12-14)19(28)18-17(27)11-13(2)26(24-18)16-7-5-4-6-15(16)20(21,22)23/h4-7,11,14H,3,8-10,12H2,1-2H3/t14-/m1/s1. The Morgan fingerprint density at radius 1 is 1.29 bits per heavy atom. The molecule has 2 heterocycles. The highest BCUT2D eigenvalue weighted by Gasteiger charge is 2.37. The van der Waals surface area contributed by atoms with Crippen LogP contribution in [-0.2, 0) is 16.0 Å². The summed E-state index contributed by atoms with van der Waals surface area (Å²) in [6, 6.07) is 5.19. The summed E-state index contributed by atoms with van der Waals surface area (Å²) in [4.78, 5) is 27.0. The van der Waals surface area contributed by atoms with Crippen LogP contribution < -0.4 is 5.43 Å². The van der Waals surface area contributed by atoms with Crippen molar-refractivity contribution in [3.8, 4) is 5.69 Å². The topological polar surface area (TPSA) is 89.3 Å². The Kier molecular flexibility index (Phi) is 6.26. The van der Waals surface area contributed by atoms with E-state index >= 15 is 0 Å². The highest BCUT2D eigenvalue weighted by molar-refractivity contribution is 7.91. The summed E-state index contributed by atoms with van der Waals surface area (Å²) in [5.74, 6) is -1.06. The molecule has 11 heteroatoms. The Balaban J connectivity index is 2.09. The quantitative estimate of drug-likeness (QED) is 0.689. The third-order valence-electron chi connectivity index (χ3n) is 5.12. The molecule has 1 amide bonds. The van der Waals surface area contributed by atoms with Crippen LogP contribution in [0.1, 0.15) is 41.5 Å². The molecule has 1 fully saturated rings. The Morgan fingerprint density at radius 2 is 1.97 bits per heavy atom. The van der Waals surface area contributed by atoms with Crippen LogP contribution in [0.5, 0.6) is 0 Å². The van der Waals surface area contributed by atoms with E-state index in [9.17, 15) is 31.2 Å². The Morgan fingerprint density at radius 3 is 2.55 bits per heavy atom. The van der Waals surface area contributed by atoms with Crippen LogP contribution in [0.4, 0.5) is 13.2 Å². The van der Waals surface area contributed by atoms with E-state index in [-0.39, 0.29) is 35.9 Å². The van der Waals surface area contributed by atoms with Gasteiger partial charge in [-0.05, 0) is 31.9 Å². The number of aromatic nitrogens is 2. The number of alkyl halides is 3. The lowest BCUT2D eigenvalue weighted by Gasteiger charge is -2.27. The van der Waals surface area contributed by atoms with Crippen molar-refractivity contribution in [3.05, 3.63) is 57.5 Å². The second-order valence-electron chi connectivity index (χ2n) is 7.48. The molecule has 1 aliphatic heterocycles. The first kappa shape index (κ1) is 23.0. The minimum absolute atomic E-state index is 0.0598. The van der Waals surface area contributed by atoms with E-state index < -0.39 is 44.6 Å². The summed E-state index contributed by atoms with van der Waals surface area (Å²) < 4.78 is 65.1. The number of nitrogens with zero attached hydrogens (tertiary/aromatic N) is 3. The number of carbonyl (C=O) groups is 1. The van der Waals surface area contributed by atoms with Gasteiger partial charge in [0.2, 0.25) is 5.43 Å². The summed E-state index contributed by atoms with van der Waals surface area (Å²) in [6.07, 6.45) is -3.91. The first-order valence-corrected chi connectivity index (χ1v) is 11.6. The molecule has 0 saturated carbocycles. The lowest BCUT2D eigenvalue weighted by atomic mass is 10.1. The van der Waals surface area contributed by atoms with Crippen molar-refractivity contribution in [1.29, 1.82) is 0 Å². The second kappa shape index (κ2) is 8.45. The molecule has 3 rings (SSSR count). The van der Waals surface area contributed by atoms with Crippen LogP contribution in [0.3, 0.4) is 0 Å². The summed E-state index contributed by atoms with van der Waals surface area (Å²) in [5.41, 5.74) is -2.42. The molecule has 0 N–H and O–H groups in total. The number of hydrogen-bond donors (Lipinski definition) is 0. The van der Waals surface area contributed by atoms with Gasteiger partial charge in [-0.1, -0.05) is 19.1 Å². The van der Waals surface area contributed by atoms with Crippen LogP contribution >= 0.6 is 0 Å². The molecule has 0 bridgehead atoms. The maximum atomic E-state index is 13.5. The number of aryl methyl sites for hydroxylation is 1. The zero-order valence-corrected chi connectivity index (χ0v) is 17.8. The normalized spacial score (nSPS) is 18.2. The van der Waals surface area contributed by atoms with Gasteiger partial charge in [-0.3, -0.25) is 9.59 Å². The van der Waals surface area contributed by atoms with Crippen LogP contribution in [0.15, 0.2) is 35.1 Å². The van der Waals surface area contributed by atoms with Crippen LogP contribution in [0, 0.1) is 6.92 Å². The van der Waals surface area contributed by atoms with Gasteiger partial charge in [0.25, 0.3) is 5.91 Å². The molecule has 0 unspecified atom stereocenters. The number of rotatable bonds is 5. The van der Waals surface area contributed by atoms with Crippen molar-refractivity contribution in [2.45, 2.75) is 38.9 Å². The maximum absolute atomic E-state index is 13.5. The molecule has 31 heavy (non-hydrogen) atoms. The first-order chi connectivity index (χ1) is 14.4. The molecule has 0 radical (unpaired) electrons. The molecule has 1 aromatic heterocycles. The van der Waals surface area contributed by atoms with Crippen LogP contribution in [0.2, 0.25) is 0 Å². The van der Waals surface area contributed by atoms with Gasteiger partial charge in [0, 0.05) is 24.3 Å². The van der Waals surface area contributed by atoms with Gasteiger partial charge in [0.05, 0.1) is 22.8 Å². The SMILES string of the molecule is CCCN(C(=O)c1nn(-c2ccccc2C(F)(F)F)c(C)cc1=O)[C@@H]1CCS(=O)(=O)C1. The lowest BCUT2D eigenvalue weighted by molar-refractivity contribution is -0.137. The summed E-state index contributed by atoms with van der Waals surface area (Å²) in [7, 11) is -3.29. The average molecular weight is 457 g/mol. The molecule has 1 aliphatic rings. The smallest absolute Gasteiger partial charge is 0.333 e. The summed E-state index contributed by atoms with van der Waals surface area (Å²) in [5, 5.41) is 3.99. The third-order valence-corrected chi connectivity index (χ3v) is 6.87. The zero-order valence-electron chi connectivity index (χ0n) is 17.0. The van der Waals surface area contributed by atoms with Gasteiger partial charge in [0.1, 0.15) is 0 Å². The number of sulfone groups is 1. The molecule has 1 saturated heterocycles. The van der Waals surface area contributed by atoms with E-state index in [2.05, 4.69) is 5.10 Å². The van der Waals surface area contributed by atoms with Gasteiger partial charge in [-0.2, -0.15) is 18.3 Å². The number of benzene rings is 1. The molecule has 7 nitrogen and oxygen atoms in total. The maximum Gasteiger partial charge on any atom is 0.418 e. The highest BCUT2D eigenvalue weighted by atomic mass is 32.2. The number of hydrogen-bond acceptors (Lipinski definition) is 5. The fraction of sp³-hybridized carbons (Fsp3) is 0.450. The molecule has 1 atom stereocenters. The van der Waals surface area contributed by atoms with Crippen LogP contribution in [0.25, 0.3) is 5.69 Å². The van der Waals surface area contributed by atoms with Crippen molar-refractivity contribution < 1.29 is 26.4 Å². The van der Waals surface area contributed by atoms with E-state index in [1.165, 1.54) is 30.0 Å². The van der Waals surface area contributed by atoms with E-state index in [0.717, 1.165) is 16.8 Å². The summed E-state index contributed by atoms with van der Waals surface area (Å²) in [6.45, 7) is 3.42. The van der Waals surface area contributed by atoms with Gasteiger partial charge < -0.3 is 4.90 Å². The van der Waals surface area contributed by atoms with Crippen molar-refractivity contribution in [2.24, 2.45) is 0 Å². The van der Waals surface area contributed by atoms with E-state index in [1.807, 2.05) is 0 Å². The van der Waals surface area contributed by atoms with Gasteiger partial charge >= 0.3 is 6.18 Å². The number of halogens is 3. The van der Waals surface area contributed by atoms with Gasteiger partial charge in [-0.25, -0.2) is 13.1 Å². The molecular weight excluding hydrogens is 435 g/mol. The molecule has 0 spiro atoms. The Hall–Kier alpha value is -2.69. The first-order valence-electron chi connectivity index (χ1n) is 9.73.